The molecule has 0 aliphatic carbocycles. The Morgan fingerprint density at radius 2 is 2.00 bits per heavy atom. The average Bonchev–Trinajstić information content (AvgIpc) is 2.31. The molecule has 0 heterocycles. The van der Waals surface area contributed by atoms with E-state index in [0.717, 1.165) is 6.42 Å². The number of hydrogen-bond acceptors (Lipinski definition) is 3. The summed E-state index contributed by atoms with van der Waals surface area (Å²) >= 11 is 0. The second kappa shape index (κ2) is 5.84. The van der Waals surface area contributed by atoms with Crippen LogP contribution in [-0.2, 0) is 4.79 Å². The van der Waals surface area contributed by atoms with Crippen LogP contribution in [0, 0.1) is 6.92 Å². The third-order valence-electron chi connectivity index (χ3n) is 3.14. The fourth-order valence-corrected chi connectivity index (χ4v) is 1.94. The van der Waals surface area contributed by atoms with Gasteiger partial charge in [0.2, 0.25) is 11.8 Å². The highest BCUT2D eigenvalue weighted by Crippen LogP contribution is 2.20. The summed E-state index contributed by atoms with van der Waals surface area (Å²) in [7, 11) is 0. The van der Waals surface area contributed by atoms with Gasteiger partial charge in [0, 0.05) is 11.3 Å². The first-order chi connectivity index (χ1) is 8.79. The summed E-state index contributed by atoms with van der Waals surface area (Å²) in [6, 6.07) is 5.03. The van der Waals surface area contributed by atoms with E-state index < -0.39 is 11.4 Å². The number of carbonyl (C=O) groups is 2. The molecule has 0 spiro atoms. The van der Waals surface area contributed by atoms with Gasteiger partial charge in [-0.05, 0) is 38.0 Å². The topological polar surface area (TPSA) is 98.2 Å². The van der Waals surface area contributed by atoms with Crippen molar-refractivity contribution in [3.05, 3.63) is 29.3 Å². The lowest BCUT2D eigenvalue weighted by atomic mass is 9.96. The van der Waals surface area contributed by atoms with Gasteiger partial charge in [-0.25, -0.2) is 0 Å². The van der Waals surface area contributed by atoms with Gasteiger partial charge in [-0.15, -0.1) is 0 Å². The number of anilines is 1. The van der Waals surface area contributed by atoms with Crippen molar-refractivity contribution in [2.45, 2.75) is 39.2 Å². The summed E-state index contributed by atoms with van der Waals surface area (Å²) in [5, 5.41) is 2.76. The maximum Gasteiger partial charge on any atom is 0.249 e. The summed E-state index contributed by atoms with van der Waals surface area (Å²) in [4.78, 5) is 23.3. The number of nitrogens with one attached hydrogen (secondary N) is 1. The largest absolute Gasteiger partial charge is 0.366 e. The van der Waals surface area contributed by atoms with E-state index >= 15 is 0 Å². The highest BCUT2D eigenvalue weighted by Gasteiger charge is 2.27. The molecule has 5 nitrogen and oxygen atoms in total. The minimum Gasteiger partial charge on any atom is -0.366 e. The SMILES string of the molecule is CCCC(C)(N)C(=O)Nc1cccc(C(N)=O)c1C. The van der Waals surface area contributed by atoms with Crippen LogP contribution in [0.25, 0.3) is 0 Å². The molecule has 0 fully saturated rings. The average molecular weight is 263 g/mol. The van der Waals surface area contributed by atoms with Crippen molar-refractivity contribution in [3.8, 4) is 0 Å². The van der Waals surface area contributed by atoms with Crippen LogP contribution in [0.1, 0.15) is 42.6 Å². The van der Waals surface area contributed by atoms with E-state index in [0.29, 0.717) is 23.2 Å². The molecule has 5 heteroatoms. The van der Waals surface area contributed by atoms with Crippen molar-refractivity contribution in [1.82, 2.24) is 0 Å². The molecule has 5 N–H and O–H groups in total. The Bertz CT molecular complexity index is 495. The molecule has 0 aromatic heterocycles. The molecule has 0 bridgehead atoms. The minimum atomic E-state index is -0.927. The second-order valence-electron chi connectivity index (χ2n) is 4.96. The zero-order valence-corrected chi connectivity index (χ0v) is 11.6. The summed E-state index contributed by atoms with van der Waals surface area (Å²) in [6.45, 7) is 5.40. The molecule has 2 amide bonds. The van der Waals surface area contributed by atoms with Gasteiger partial charge in [0.05, 0.1) is 5.54 Å². The molecule has 0 aliphatic rings. The van der Waals surface area contributed by atoms with E-state index in [1.807, 2.05) is 6.92 Å². The van der Waals surface area contributed by atoms with Crippen molar-refractivity contribution in [2.75, 3.05) is 5.32 Å². The number of primary amides is 1. The summed E-state index contributed by atoms with van der Waals surface area (Å²) in [5.41, 5.74) is 11.9. The molecule has 1 aromatic carbocycles. The zero-order valence-electron chi connectivity index (χ0n) is 11.6. The number of benzene rings is 1. The lowest BCUT2D eigenvalue weighted by Gasteiger charge is -2.23. The molecule has 19 heavy (non-hydrogen) atoms. The Balaban J connectivity index is 2.98. The van der Waals surface area contributed by atoms with Crippen LogP contribution in [0.2, 0.25) is 0 Å². The first-order valence-electron chi connectivity index (χ1n) is 6.29. The predicted molar refractivity (Wildman–Crippen MR) is 75.8 cm³/mol. The zero-order chi connectivity index (χ0) is 14.6. The molecular formula is C14H21N3O2. The fraction of sp³-hybridized carbons (Fsp3) is 0.429. The van der Waals surface area contributed by atoms with Crippen molar-refractivity contribution in [1.29, 1.82) is 0 Å². The monoisotopic (exact) mass is 263 g/mol. The van der Waals surface area contributed by atoms with E-state index in [1.54, 1.807) is 32.0 Å². The Morgan fingerprint density at radius 3 is 2.53 bits per heavy atom. The summed E-state index contributed by atoms with van der Waals surface area (Å²) in [6.07, 6.45) is 1.41. The third-order valence-corrected chi connectivity index (χ3v) is 3.14. The standard InChI is InChI=1S/C14H21N3O2/c1-4-8-14(3,16)13(19)17-11-7-5-6-10(9(11)2)12(15)18/h5-7H,4,8,16H2,1-3H3,(H2,15,18)(H,17,19). The van der Waals surface area contributed by atoms with Crippen LogP contribution in [0.5, 0.6) is 0 Å². The first kappa shape index (κ1) is 15.2. The van der Waals surface area contributed by atoms with E-state index in [2.05, 4.69) is 5.32 Å². The maximum absolute atomic E-state index is 12.1. The van der Waals surface area contributed by atoms with Crippen molar-refractivity contribution < 1.29 is 9.59 Å². The van der Waals surface area contributed by atoms with Crippen molar-refractivity contribution in [3.63, 3.8) is 0 Å². The number of rotatable bonds is 5. The fourth-order valence-electron chi connectivity index (χ4n) is 1.94. The van der Waals surface area contributed by atoms with Crippen molar-refractivity contribution in [2.24, 2.45) is 11.5 Å². The highest BCUT2D eigenvalue weighted by molar-refractivity contribution is 6.01. The van der Waals surface area contributed by atoms with Gasteiger partial charge in [-0.3, -0.25) is 9.59 Å². The lowest BCUT2D eigenvalue weighted by Crippen LogP contribution is -2.48. The third kappa shape index (κ3) is 3.54. The van der Waals surface area contributed by atoms with Crippen LogP contribution in [-0.4, -0.2) is 17.4 Å². The van der Waals surface area contributed by atoms with Crippen LogP contribution < -0.4 is 16.8 Å². The molecule has 0 saturated heterocycles. The Morgan fingerprint density at radius 1 is 1.37 bits per heavy atom. The van der Waals surface area contributed by atoms with Gasteiger partial charge in [-0.2, -0.15) is 0 Å². The van der Waals surface area contributed by atoms with E-state index in [9.17, 15) is 9.59 Å². The highest BCUT2D eigenvalue weighted by atomic mass is 16.2. The first-order valence-corrected chi connectivity index (χ1v) is 6.29. The number of amides is 2. The maximum atomic E-state index is 12.1. The molecule has 1 aromatic rings. The van der Waals surface area contributed by atoms with Gasteiger partial charge < -0.3 is 16.8 Å². The van der Waals surface area contributed by atoms with E-state index in [4.69, 9.17) is 11.5 Å². The molecule has 104 valence electrons. The second-order valence-corrected chi connectivity index (χ2v) is 4.96. The summed E-state index contributed by atoms with van der Waals surface area (Å²) in [5.74, 6) is -0.781. The molecule has 1 rings (SSSR count). The predicted octanol–water partition coefficient (Wildman–Crippen LogP) is 1.55. The van der Waals surface area contributed by atoms with Gasteiger partial charge in [0.15, 0.2) is 0 Å². The molecule has 1 unspecified atom stereocenters. The van der Waals surface area contributed by atoms with E-state index in [-0.39, 0.29) is 5.91 Å². The Kier molecular flexibility index (Phi) is 4.67. The van der Waals surface area contributed by atoms with Gasteiger partial charge in [0.25, 0.3) is 0 Å². The summed E-state index contributed by atoms with van der Waals surface area (Å²) < 4.78 is 0. The van der Waals surface area contributed by atoms with Crippen LogP contribution in [0.3, 0.4) is 0 Å². The minimum absolute atomic E-state index is 0.265. The Hall–Kier alpha value is -1.88. The van der Waals surface area contributed by atoms with E-state index in [1.165, 1.54) is 0 Å². The normalized spacial score (nSPS) is 13.7. The molecular weight excluding hydrogens is 242 g/mol. The number of hydrogen-bond donors (Lipinski definition) is 3. The van der Waals surface area contributed by atoms with Crippen LogP contribution >= 0.6 is 0 Å². The molecule has 0 saturated carbocycles. The van der Waals surface area contributed by atoms with Gasteiger partial charge in [0.1, 0.15) is 0 Å². The molecule has 0 aliphatic heterocycles. The van der Waals surface area contributed by atoms with Gasteiger partial charge in [-0.1, -0.05) is 19.4 Å². The number of carbonyl (C=O) groups excluding carboxylic acids is 2. The van der Waals surface area contributed by atoms with Crippen LogP contribution in [0.4, 0.5) is 5.69 Å². The van der Waals surface area contributed by atoms with Crippen molar-refractivity contribution >= 4 is 17.5 Å². The number of nitrogens with two attached hydrogens (primary N) is 2. The van der Waals surface area contributed by atoms with Gasteiger partial charge >= 0.3 is 0 Å². The lowest BCUT2D eigenvalue weighted by molar-refractivity contribution is -0.120. The smallest absolute Gasteiger partial charge is 0.249 e. The Labute approximate surface area is 113 Å². The molecule has 1 atom stereocenters. The van der Waals surface area contributed by atoms with Crippen LogP contribution in [0.15, 0.2) is 18.2 Å². The molecule has 0 radical (unpaired) electrons. The quantitative estimate of drug-likeness (QED) is 0.751.